The van der Waals surface area contributed by atoms with E-state index in [0.29, 0.717) is 28.3 Å². The lowest BCUT2D eigenvalue weighted by Gasteiger charge is -2.23. The van der Waals surface area contributed by atoms with Crippen molar-refractivity contribution in [2.45, 2.75) is 24.3 Å². The van der Waals surface area contributed by atoms with Gasteiger partial charge in [-0.3, -0.25) is 4.72 Å². The summed E-state index contributed by atoms with van der Waals surface area (Å²) >= 11 is 0. The molecule has 3 aromatic carbocycles. The Labute approximate surface area is 204 Å². The summed E-state index contributed by atoms with van der Waals surface area (Å²) in [6.07, 6.45) is 0.213. The average Bonchev–Trinajstić information content (AvgIpc) is 3.31. The first-order valence-corrected chi connectivity index (χ1v) is 13.8. The van der Waals surface area contributed by atoms with Crippen LogP contribution >= 0.6 is 0 Å². The molecule has 1 unspecified atom stereocenters. The van der Waals surface area contributed by atoms with Gasteiger partial charge >= 0.3 is 0 Å². The number of hydrazone groups is 1. The van der Waals surface area contributed by atoms with Crippen LogP contribution in [-0.2, 0) is 20.0 Å². The SMILES string of the molecule is CCS(=O)(=O)Nc1cccc(C2=NN(S(=O)(=O)c3ccc(OC)cc3)C(c3ccc(F)cc3)C2)c1. The molecule has 0 amide bonds. The smallest absolute Gasteiger partial charge is 0.279 e. The van der Waals surface area contributed by atoms with Crippen LogP contribution in [0.1, 0.15) is 30.5 Å². The van der Waals surface area contributed by atoms with Crippen LogP contribution in [0.25, 0.3) is 0 Å². The van der Waals surface area contributed by atoms with E-state index in [9.17, 15) is 21.2 Å². The fourth-order valence-electron chi connectivity index (χ4n) is 3.69. The van der Waals surface area contributed by atoms with E-state index in [0.717, 1.165) is 4.41 Å². The van der Waals surface area contributed by atoms with Crippen LogP contribution in [0, 0.1) is 5.82 Å². The number of benzene rings is 3. The topological polar surface area (TPSA) is 105 Å². The van der Waals surface area contributed by atoms with Crippen LogP contribution in [0.5, 0.6) is 5.75 Å². The Morgan fingerprint density at radius 3 is 2.34 bits per heavy atom. The second-order valence-electron chi connectivity index (χ2n) is 7.86. The maximum absolute atomic E-state index is 13.6. The Morgan fingerprint density at radius 1 is 1.03 bits per heavy atom. The summed E-state index contributed by atoms with van der Waals surface area (Å²) in [5.74, 6) is -0.0112. The number of hydrogen-bond acceptors (Lipinski definition) is 6. The molecular formula is C24H24FN3O5S2. The Bertz CT molecular complexity index is 1460. The van der Waals surface area contributed by atoms with Crippen LogP contribution < -0.4 is 9.46 Å². The van der Waals surface area contributed by atoms with Gasteiger partial charge < -0.3 is 4.74 Å². The zero-order valence-electron chi connectivity index (χ0n) is 19.0. The summed E-state index contributed by atoms with van der Waals surface area (Å²) in [6.45, 7) is 1.53. The molecule has 1 N–H and O–H groups in total. The van der Waals surface area contributed by atoms with Crippen molar-refractivity contribution in [2.75, 3.05) is 17.6 Å². The number of methoxy groups -OCH3 is 1. The lowest BCUT2D eigenvalue weighted by atomic mass is 9.99. The first kappa shape index (κ1) is 24.7. The minimum atomic E-state index is -4.07. The number of nitrogens with zero attached hydrogens (tertiary/aromatic N) is 2. The number of nitrogens with one attached hydrogen (secondary N) is 1. The number of rotatable bonds is 8. The van der Waals surface area contributed by atoms with E-state index in [1.165, 1.54) is 50.4 Å². The fourth-order valence-corrected chi connectivity index (χ4v) is 5.75. The number of anilines is 1. The van der Waals surface area contributed by atoms with Gasteiger partial charge in [-0.15, -0.1) is 0 Å². The molecule has 0 radical (unpaired) electrons. The van der Waals surface area contributed by atoms with Crippen LogP contribution in [0.4, 0.5) is 10.1 Å². The van der Waals surface area contributed by atoms with E-state index >= 15 is 0 Å². The van der Waals surface area contributed by atoms with E-state index in [1.54, 1.807) is 36.4 Å². The molecule has 8 nitrogen and oxygen atoms in total. The van der Waals surface area contributed by atoms with E-state index in [-0.39, 0.29) is 17.1 Å². The monoisotopic (exact) mass is 517 g/mol. The molecule has 1 aliphatic rings. The highest BCUT2D eigenvalue weighted by Crippen LogP contribution is 2.37. The molecule has 11 heteroatoms. The molecule has 0 saturated heterocycles. The molecule has 0 spiro atoms. The quantitative estimate of drug-likeness (QED) is 0.484. The van der Waals surface area contributed by atoms with Crippen molar-refractivity contribution in [2.24, 2.45) is 5.10 Å². The van der Waals surface area contributed by atoms with Crippen molar-refractivity contribution in [1.29, 1.82) is 0 Å². The summed E-state index contributed by atoms with van der Waals surface area (Å²) < 4.78 is 73.3. The molecular weight excluding hydrogens is 493 g/mol. The van der Waals surface area contributed by atoms with Gasteiger partial charge in [-0.1, -0.05) is 24.3 Å². The summed E-state index contributed by atoms with van der Waals surface area (Å²) in [4.78, 5) is 0.0277. The summed E-state index contributed by atoms with van der Waals surface area (Å²) in [7, 11) is -6.07. The van der Waals surface area contributed by atoms with E-state index in [1.807, 2.05) is 0 Å². The number of sulfonamides is 2. The Kier molecular flexibility index (Phi) is 6.82. The van der Waals surface area contributed by atoms with Crippen molar-refractivity contribution < 1.29 is 26.0 Å². The Hall–Kier alpha value is -3.44. The van der Waals surface area contributed by atoms with Crippen molar-refractivity contribution >= 4 is 31.4 Å². The van der Waals surface area contributed by atoms with E-state index in [4.69, 9.17) is 4.74 Å². The van der Waals surface area contributed by atoms with Crippen molar-refractivity contribution in [3.63, 3.8) is 0 Å². The molecule has 0 fully saturated rings. The first-order valence-electron chi connectivity index (χ1n) is 10.8. The predicted octanol–water partition coefficient (Wildman–Crippen LogP) is 4.14. The van der Waals surface area contributed by atoms with E-state index < -0.39 is 31.9 Å². The second kappa shape index (κ2) is 9.67. The van der Waals surface area contributed by atoms with Crippen LogP contribution in [0.15, 0.2) is 82.8 Å². The number of hydrogen-bond donors (Lipinski definition) is 1. The second-order valence-corrected chi connectivity index (χ2v) is 11.7. The summed E-state index contributed by atoms with van der Waals surface area (Å²) in [5.41, 5.74) is 1.95. The molecule has 0 bridgehead atoms. The zero-order valence-corrected chi connectivity index (χ0v) is 20.7. The van der Waals surface area contributed by atoms with Crippen molar-refractivity contribution in [3.05, 3.63) is 89.7 Å². The van der Waals surface area contributed by atoms with Crippen LogP contribution in [0.2, 0.25) is 0 Å². The Balaban J connectivity index is 1.76. The highest BCUT2D eigenvalue weighted by molar-refractivity contribution is 7.92. The van der Waals surface area contributed by atoms with Gasteiger partial charge in [-0.05, 0) is 66.6 Å². The van der Waals surface area contributed by atoms with Gasteiger partial charge in [0.05, 0.1) is 29.5 Å². The van der Waals surface area contributed by atoms with Gasteiger partial charge in [0, 0.05) is 12.1 Å². The number of ether oxygens (including phenoxy) is 1. The lowest BCUT2D eigenvalue weighted by molar-refractivity contribution is 0.371. The normalized spacial score (nSPS) is 16.1. The highest BCUT2D eigenvalue weighted by atomic mass is 32.2. The Morgan fingerprint density at radius 2 is 1.71 bits per heavy atom. The molecule has 0 saturated carbocycles. The predicted molar refractivity (Wildman–Crippen MR) is 132 cm³/mol. The highest BCUT2D eigenvalue weighted by Gasteiger charge is 2.37. The fraction of sp³-hybridized carbons (Fsp3) is 0.208. The molecule has 1 aliphatic heterocycles. The largest absolute Gasteiger partial charge is 0.497 e. The molecule has 184 valence electrons. The van der Waals surface area contributed by atoms with Gasteiger partial charge in [0.2, 0.25) is 10.0 Å². The number of halogens is 1. The molecule has 0 aliphatic carbocycles. The standard InChI is InChI=1S/C24H24FN3O5S2/c1-3-34(29,30)27-20-6-4-5-18(15-20)23-16-24(17-7-9-19(25)10-8-17)28(26-23)35(31,32)22-13-11-21(33-2)12-14-22/h4-15,24,27H,3,16H2,1-2H3. The lowest BCUT2D eigenvalue weighted by Crippen LogP contribution is -2.27. The third-order valence-electron chi connectivity index (χ3n) is 5.58. The van der Waals surface area contributed by atoms with E-state index in [2.05, 4.69) is 9.82 Å². The molecule has 3 aromatic rings. The molecule has 1 atom stereocenters. The summed E-state index contributed by atoms with van der Waals surface area (Å²) in [5, 5.41) is 4.45. The van der Waals surface area contributed by atoms with Gasteiger partial charge in [0.1, 0.15) is 11.6 Å². The third kappa shape index (κ3) is 5.30. The van der Waals surface area contributed by atoms with Crippen molar-refractivity contribution in [1.82, 2.24) is 4.41 Å². The first-order chi connectivity index (χ1) is 16.6. The third-order valence-corrected chi connectivity index (χ3v) is 8.58. The minimum absolute atomic E-state index is 0.0277. The van der Waals surface area contributed by atoms with Crippen LogP contribution in [0.3, 0.4) is 0 Å². The van der Waals surface area contributed by atoms with Gasteiger partial charge in [0.25, 0.3) is 10.0 Å². The molecule has 35 heavy (non-hydrogen) atoms. The molecule has 0 aromatic heterocycles. The minimum Gasteiger partial charge on any atom is -0.497 e. The maximum atomic E-state index is 13.6. The van der Waals surface area contributed by atoms with Gasteiger partial charge in [-0.25, -0.2) is 12.8 Å². The average molecular weight is 518 g/mol. The van der Waals surface area contributed by atoms with Crippen molar-refractivity contribution in [3.8, 4) is 5.75 Å². The van der Waals surface area contributed by atoms with Gasteiger partial charge in [0.15, 0.2) is 0 Å². The van der Waals surface area contributed by atoms with Gasteiger partial charge in [-0.2, -0.15) is 17.9 Å². The summed E-state index contributed by atoms with van der Waals surface area (Å²) in [6, 6.07) is 17.5. The molecule has 1 heterocycles. The van der Waals surface area contributed by atoms with Crippen LogP contribution in [-0.4, -0.2) is 39.8 Å². The molecule has 4 rings (SSSR count). The zero-order chi connectivity index (χ0) is 25.2. The maximum Gasteiger partial charge on any atom is 0.279 e.